The van der Waals surface area contributed by atoms with Crippen molar-refractivity contribution in [3.05, 3.63) is 89.7 Å². The maximum absolute atomic E-state index is 12.8. The quantitative estimate of drug-likeness (QED) is 0.377. The summed E-state index contributed by atoms with van der Waals surface area (Å²) in [6.45, 7) is 1.27. The van der Waals surface area contributed by atoms with Gasteiger partial charge < -0.3 is 19.8 Å². The number of methoxy groups -OCH3 is 1. The van der Waals surface area contributed by atoms with Crippen molar-refractivity contribution in [2.24, 2.45) is 0 Å². The lowest BCUT2D eigenvalue weighted by atomic mass is 10.1. The van der Waals surface area contributed by atoms with E-state index in [1.807, 2.05) is 54.6 Å². The molecule has 3 aromatic carbocycles. The first-order chi connectivity index (χ1) is 16.0. The van der Waals surface area contributed by atoms with Crippen LogP contribution in [0.5, 0.6) is 11.5 Å². The smallest absolute Gasteiger partial charge is 0.258 e. The predicted molar refractivity (Wildman–Crippen MR) is 126 cm³/mol. The van der Waals surface area contributed by atoms with Gasteiger partial charge in [0.05, 0.1) is 24.2 Å². The molecule has 0 saturated heterocycles. The molecule has 0 saturated carbocycles. The fourth-order valence-electron chi connectivity index (χ4n) is 3.59. The first-order valence-corrected chi connectivity index (χ1v) is 10.6. The van der Waals surface area contributed by atoms with Crippen LogP contribution >= 0.6 is 0 Å². The molecule has 4 rings (SSSR count). The van der Waals surface area contributed by atoms with Gasteiger partial charge in [-0.2, -0.15) is 0 Å². The highest BCUT2D eigenvalue weighted by molar-refractivity contribution is 5.94. The van der Waals surface area contributed by atoms with Gasteiger partial charge in [-0.05, 0) is 49.2 Å². The van der Waals surface area contributed by atoms with Crippen molar-refractivity contribution < 1.29 is 19.1 Å². The Hall–Kier alpha value is -4.13. The molecule has 0 bridgehead atoms. The number of H-pyrrole nitrogens is 1. The molecule has 0 aliphatic heterocycles. The number of imidazole rings is 1. The van der Waals surface area contributed by atoms with Crippen LogP contribution in [-0.2, 0) is 11.2 Å². The summed E-state index contributed by atoms with van der Waals surface area (Å²) in [5.41, 5.74) is 3.33. The highest BCUT2D eigenvalue weighted by Crippen LogP contribution is 2.28. The van der Waals surface area contributed by atoms with Crippen LogP contribution in [0.15, 0.2) is 72.8 Å². The van der Waals surface area contributed by atoms with Crippen molar-refractivity contribution in [3.63, 3.8) is 0 Å². The highest BCUT2D eigenvalue weighted by atomic mass is 16.5. The number of ether oxygens (including phenoxy) is 2. The van der Waals surface area contributed by atoms with Gasteiger partial charge in [0.25, 0.3) is 5.91 Å². The van der Waals surface area contributed by atoms with Crippen LogP contribution in [-0.4, -0.2) is 35.4 Å². The summed E-state index contributed by atoms with van der Waals surface area (Å²) >= 11 is 0. The summed E-state index contributed by atoms with van der Waals surface area (Å²) in [4.78, 5) is 32.4. The molecule has 168 valence electrons. The molecule has 1 aromatic heterocycles. The number of para-hydroxylation sites is 2. The molecular formula is C26H25N3O4. The zero-order valence-corrected chi connectivity index (χ0v) is 18.5. The number of amides is 1. The van der Waals surface area contributed by atoms with Gasteiger partial charge in [-0.3, -0.25) is 9.59 Å². The van der Waals surface area contributed by atoms with Gasteiger partial charge >= 0.3 is 0 Å². The van der Waals surface area contributed by atoms with E-state index in [1.54, 1.807) is 18.2 Å². The Balaban J connectivity index is 1.50. The average Bonchev–Trinajstić information content (AvgIpc) is 3.27. The molecule has 33 heavy (non-hydrogen) atoms. The Labute approximate surface area is 191 Å². The van der Waals surface area contributed by atoms with Gasteiger partial charge in [-0.15, -0.1) is 0 Å². The molecule has 0 radical (unpaired) electrons. The maximum Gasteiger partial charge on any atom is 0.258 e. The van der Waals surface area contributed by atoms with E-state index in [1.165, 1.54) is 14.0 Å². The number of aromatic nitrogens is 2. The third-order valence-corrected chi connectivity index (χ3v) is 5.28. The van der Waals surface area contributed by atoms with E-state index in [-0.39, 0.29) is 24.3 Å². The minimum absolute atomic E-state index is 0.0767. The number of carbonyl (C=O) groups excluding carboxylic acids is 2. The van der Waals surface area contributed by atoms with Crippen molar-refractivity contribution in [1.82, 2.24) is 15.3 Å². The number of nitrogens with one attached hydrogen (secondary N) is 2. The average molecular weight is 444 g/mol. The molecule has 1 atom stereocenters. The zero-order chi connectivity index (χ0) is 23.2. The first-order valence-electron chi connectivity index (χ1n) is 10.6. The Bertz CT molecular complexity index is 1230. The summed E-state index contributed by atoms with van der Waals surface area (Å²) in [7, 11) is 1.49. The largest absolute Gasteiger partial charge is 0.493 e. The van der Waals surface area contributed by atoms with E-state index < -0.39 is 0 Å². The van der Waals surface area contributed by atoms with Crippen LogP contribution in [0.1, 0.15) is 34.7 Å². The number of rotatable bonds is 9. The molecule has 1 amide bonds. The lowest BCUT2D eigenvalue weighted by Crippen LogP contribution is -2.34. The Morgan fingerprint density at radius 1 is 1.00 bits per heavy atom. The van der Waals surface area contributed by atoms with Gasteiger partial charge in [0.15, 0.2) is 23.9 Å². The van der Waals surface area contributed by atoms with Gasteiger partial charge in [0.2, 0.25) is 0 Å². The molecule has 7 heteroatoms. The summed E-state index contributed by atoms with van der Waals surface area (Å²) in [6, 6.07) is 22.2. The summed E-state index contributed by atoms with van der Waals surface area (Å²) < 4.78 is 11.0. The molecule has 0 aliphatic rings. The lowest BCUT2D eigenvalue weighted by molar-refractivity contribution is -0.123. The first kappa shape index (κ1) is 22.1. The summed E-state index contributed by atoms with van der Waals surface area (Å²) in [5, 5.41) is 3.03. The van der Waals surface area contributed by atoms with Gasteiger partial charge in [0, 0.05) is 5.56 Å². The van der Waals surface area contributed by atoms with Crippen LogP contribution < -0.4 is 14.8 Å². The monoisotopic (exact) mass is 443 g/mol. The van der Waals surface area contributed by atoms with Crippen LogP contribution in [0.2, 0.25) is 0 Å². The van der Waals surface area contributed by atoms with Crippen molar-refractivity contribution in [2.75, 3.05) is 13.7 Å². The summed E-state index contributed by atoms with van der Waals surface area (Å²) in [6.07, 6.45) is 0.572. The van der Waals surface area contributed by atoms with E-state index in [2.05, 4.69) is 15.3 Å². The van der Waals surface area contributed by atoms with E-state index in [4.69, 9.17) is 9.47 Å². The second-order valence-corrected chi connectivity index (χ2v) is 7.66. The topological polar surface area (TPSA) is 93.3 Å². The van der Waals surface area contributed by atoms with Crippen molar-refractivity contribution in [3.8, 4) is 11.5 Å². The Morgan fingerprint density at radius 3 is 2.48 bits per heavy atom. The SMILES string of the molecule is COc1cc(C(C)=O)ccc1OCC(=O)NC(Cc1ccccc1)c1nc2ccccc2[nH]1. The minimum Gasteiger partial charge on any atom is -0.493 e. The number of benzene rings is 3. The van der Waals surface area contributed by atoms with Gasteiger partial charge in [-0.1, -0.05) is 42.5 Å². The number of ketones is 1. The van der Waals surface area contributed by atoms with Crippen LogP contribution in [0.25, 0.3) is 11.0 Å². The zero-order valence-electron chi connectivity index (χ0n) is 18.5. The molecule has 0 aliphatic carbocycles. The van der Waals surface area contributed by atoms with Crippen LogP contribution in [0.3, 0.4) is 0 Å². The molecule has 1 heterocycles. The van der Waals surface area contributed by atoms with Crippen LogP contribution in [0.4, 0.5) is 0 Å². The standard InChI is InChI=1S/C26H25N3O4/c1-17(30)19-12-13-23(24(15-19)32-2)33-16-25(31)27-22(14-18-8-4-3-5-9-18)26-28-20-10-6-7-11-21(20)29-26/h3-13,15,22H,14,16H2,1-2H3,(H,27,31)(H,28,29). The molecule has 0 spiro atoms. The fraction of sp³-hybridized carbons (Fsp3) is 0.192. The van der Waals surface area contributed by atoms with Gasteiger partial charge in [-0.25, -0.2) is 4.98 Å². The number of Topliss-reactive ketones (excluding diaryl/α,β-unsaturated/α-hetero) is 1. The normalized spacial score (nSPS) is 11.7. The number of hydrogen-bond donors (Lipinski definition) is 2. The number of carbonyl (C=O) groups is 2. The fourth-order valence-corrected chi connectivity index (χ4v) is 3.59. The molecule has 7 nitrogen and oxygen atoms in total. The van der Waals surface area contributed by atoms with Gasteiger partial charge in [0.1, 0.15) is 5.82 Å². The predicted octanol–water partition coefficient (Wildman–Crippen LogP) is 4.25. The lowest BCUT2D eigenvalue weighted by Gasteiger charge is -2.18. The molecule has 1 unspecified atom stereocenters. The van der Waals surface area contributed by atoms with Crippen molar-refractivity contribution >= 4 is 22.7 Å². The van der Waals surface area contributed by atoms with Crippen molar-refractivity contribution in [2.45, 2.75) is 19.4 Å². The summed E-state index contributed by atoms with van der Waals surface area (Å²) in [5.74, 6) is 1.09. The third-order valence-electron chi connectivity index (χ3n) is 5.28. The molecule has 0 fully saturated rings. The second kappa shape index (κ2) is 9.99. The van der Waals surface area contributed by atoms with Crippen molar-refractivity contribution in [1.29, 1.82) is 0 Å². The van der Waals surface area contributed by atoms with E-state index in [0.717, 1.165) is 16.6 Å². The maximum atomic E-state index is 12.8. The van der Waals surface area contributed by atoms with Crippen LogP contribution in [0, 0.1) is 0 Å². The number of fused-ring (bicyclic) bond motifs is 1. The van der Waals surface area contributed by atoms with E-state index >= 15 is 0 Å². The number of aromatic amines is 1. The van der Waals surface area contributed by atoms with E-state index in [9.17, 15) is 9.59 Å². The highest BCUT2D eigenvalue weighted by Gasteiger charge is 2.20. The number of nitrogens with zero attached hydrogens (tertiary/aromatic N) is 1. The molecular weight excluding hydrogens is 418 g/mol. The third kappa shape index (κ3) is 5.38. The molecule has 2 N–H and O–H groups in total. The Kier molecular flexibility index (Phi) is 6.69. The van der Waals surface area contributed by atoms with E-state index in [0.29, 0.717) is 29.3 Å². The minimum atomic E-state index is -0.363. The second-order valence-electron chi connectivity index (χ2n) is 7.66. The Morgan fingerprint density at radius 2 is 1.76 bits per heavy atom. The molecule has 4 aromatic rings. The number of hydrogen-bond acceptors (Lipinski definition) is 5.